The number of benzene rings is 3. The van der Waals surface area contributed by atoms with Gasteiger partial charge in [0.25, 0.3) is 5.91 Å². The molecule has 1 aliphatic heterocycles. The highest BCUT2D eigenvalue weighted by atomic mass is 16.1. The maximum Gasteiger partial charge on any atom is 0.255 e. The van der Waals surface area contributed by atoms with Crippen molar-refractivity contribution >= 4 is 23.0 Å². The van der Waals surface area contributed by atoms with Crippen LogP contribution in [0.5, 0.6) is 0 Å². The van der Waals surface area contributed by atoms with Crippen LogP contribution in [0.3, 0.4) is 0 Å². The molecule has 2 N–H and O–H groups in total. The van der Waals surface area contributed by atoms with E-state index in [0.29, 0.717) is 12.1 Å². The molecule has 3 aromatic rings. The largest absolute Gasteiger partial charge is 0.381 e. The Hall–Kier alpha value is -3.27. The van der Waals surface area contributed by atoms with Crippen molar-refractivity contribution in [1.82, 2.24) is 0 Å². The molecular weight excluding hydrogens is 370 g/mol. The van der Waals surface area contributed by atoms with E-state index in [4.69, 9.17) is 0 Å². The van der Waals surface area contributed by atoms with Crippen LogP contribution >= 0.6 is 0 Å². The van der Waals surface area contributed by atoms with Crippen molar-refractivity contribution in [1.29, 1.82) is 0 Å². The highest BCUT2D eigenvalue weighted by Crippen LogP contribution is 2.22. The van der Waals surface area contributed by atoms with Gasteiger partial charge >= 0.3 is 0 Å². The molecule has 0 saturated carbocycles. The van der Waals surface area contributed by atoms with Crippen molar-refractivity contribution in [2.24, 2.45) is 0 Å². The van der Waals surface area contributed by atoms with Crippen LogP contribution in [0.15, 0.2) is 72.8 Å². The van der Waals surface area contributed by atoms with Crippen LogP contribution in [-0.2, 0) is 13.0 Å². The first-order chi connectivity index (χ1) is 14.7. The maximum absolute atomic E-state index is 12.7. The number of aryl methyl sites for hydroxylation is 1. The van der Waals surface area contributed by atoms with Gasteiger partial charge in [0, 0.05) is 42.3 Å². The zero-order valence-electron chi connectivity index (χ0n) is 17.5. The van der Waals surface area contributed by atoms with Gasteiger partial charge in [-0.2, -0.15) is 0 Å². The zero-order valence-corrected chi connectivity index (χ0v) is 17.5. The first-order valence-corrected chi connectivity index (χ1v) is 10.8. The summed E-state index contributed by atoms with van der Waals surface area (Å²) in [6.45, 7) is 5.08. The van der Waals surface area contributed by atoms with Crippen molar-refractivity contribution in [2.75, 3.05) is 28.6 Å². The Labute approximate surface area is 178 Å². The summed E-state index contributed by atoms with van der Waals surface area (Å²) in [5.74, 6) is -0.0836. The number of para-hydroxylation sites is 1. The maximum atomic E-state index is 12.7. The van der Waals surface area contributed by atoms with Crippen LogP contribution in [-0.4, -0.2) is 19.0 Å². The van der Waals surface area contributed by atoms with Gasteiger partial charge < -0.3 is 15.5 Å². The van der Waals surface area contributed by atoms with Gasteiger partial charge in [-0.05, 0) is 72.9 Å². The molecule has 4 heteroatoms. The van der Waals surface area contributed by atoms with Crippen molar-refractivity contribution in [3.05, 3.63) is 89.5 Å². The minimum Gasteiger partial charge on any atom is -0.381 e. The van der Waals surface area contributed by atoms with E-state index < -0.39 is 0 Å². The first-order valence-electron chi connectivity index (χ1n) is 10.8. The second-order valence-corrected chi connectivity index (χ2v) is 7.76. The quantitative estimate of drug-likeness (QED) is 0.534. The van der Waals surface area contributed by atoms with E-state index in [1.165, 1.54) is 24.1 Å². The minimum atomic E-state index is -0.0836. The van der Waals surface area contributed by atoms with Gasteiger partial charge in [0.05, 0.1) is 0 Å². The molecule has 0 radical (unpaired) electrons. The highest BCUT2D eigenvalue weighted by molar-refractivity contribution is 6.04. The SMILES string of the molecule is CCc1ccccc1NCc1cccc(C(=O)Nc2ccc(N3CCCC3)cc2)c1. The van der Waals surface area contributed by atoms with Gasteiger partial charge in [-0.3, -0.25) is 4.79 Å². The topological polar surface area (TPSA) is 44.4 Å². The molecule has 1 amide bonds. The molecule has 154 valence electrons. The molecule has 0 bridgehead atoms. The molecule has 0 spiro atoms. The Morgan fingerprint density at radius 2 is 1.70 bits per heavy atom. The average molecular weight is 400 g/mol. The lowest BCUT2D eigenvalue weighted by molar-refractivity contribution is 0.102. The molecule has 1 fully saturated rings. The van der Waals surface area contributed by atoms with Crippen LogP contribution < -0.4 is 15.5 Å². The van der Waals surface area contributed by atoms with Gasteiger partial charge in [-0.1, -0.05) is 37.3 Å². The number of anilines is 3. The van der Waals surface area contributed by atoms with E-state index in [1.54, 1.807) is 0 Å². The van der Waals surface area contributed by atoms with E-state index in [9.17, 15) is 4.79 Å². The molecule has 4 rings (SSSR count). The lowest BCUT2D eigenvalue weighted by Crippen LogP contribution is -2.17. The second kappa shape index (κ2) is 9.49. The fraction of sp³-hybridized carbons (Fsp3) is 0.269. The molecule has 30 heavy (non-hydrogen) atoms. The molecule has 3 aromatic carbocycles. The van der Waals surface area contributed by atoms with Crippen LogP contribution in [0.25, 0.3) is 0 Å². The smallest absolute Gasteiger partial charge is 0.255 e. The monoisotopic (exact) mass is 399 g/mol. The molecule has 0 atom stereocenters. The predicted octanol–water partition coefficient (Wildman–Crippen LogP) is 5.71. The van der Waals surface area contributed by atoms with E-state index in [0.717, 1.165) is 36.4 Å². The summed E-state index contributed by atoms with van der Waals surface area (Å²) in [5, 5.41) is 6.51. The third kappa shape index (κ3) is 4.82. The number of hydrogen-bond acceptors (Lipinski definition) is 3. The van der Waals surface area contributed by atoms with Crippen molar-refractivity contribution in [3.63, 3.8) is 0 Å². The summed E-state index contributed by atoms with van der Waals surface area (Å²) in [4.78, 5) is 15.1. The molecule has 0 aliphatic carbocycles. The molecule has 4 nitrogen and oxygen atoms in total. The third-order valence-corrected chi connectivity index (χ3v) is 5.67. The molecule has 1 saturated heterocycles. The second-order valence-electron chi connectivity index (χ2n) is 7.76. The third-order valence-electron chi connectivity index (χ3n) is 5.67. The number of rotatable bonds is 7. The Balaban J connectivity index is 1.38. The van der Waals surface area contributed by atoms with Gasteiger partial charge in [-0.15, -0.1) is 0 Å². The van der Waals surface area contributed by atoms with Gasteiger partial charge in [0.2, 0.25) is 0 Å². The fourth-order valence-corrected chi connectivity index (χ4v) is 3.96. The molecule has 0 unspecified atom stereocenters. The number of carbonyl (C=O) groups excluding carboxylic acids is 1. The number of nitrogens with zero attached hydrogens (tertiary/aromatic N) is 1. The lowest BCUT2D eigenvalue weighted by atomic mass is 10.1. The molecule has 1 heterocycles. The summed E-state index contributed by atoms with van der Waals surface area (Å²) in [7, 11) is 0. The molecule has 1 aliphatic rings. The fourth-order valence-electron chi connectivity index (χ4n) is 3.96. The normalized spacial score (nSPS) is 13.3. The number of carbonyl (C=O) groups is 1. The average Bonchev–Trinajstić information content (AvgIpc) is 3.33. The Kier molecular flexibility index (Phi) is 6.33. The number of hydrogen-bond donors (Lipinski definition) is 2. The van der Waals surface area contributed by atoms with Crippen LogP contribution in [0.1, 0.15) is 41.3 Å². The van der Waals surface area contributed by atoms with Gasteiger partial charge in [-0.25, -0.2) is 0 Å². The van der Waals surface area contributed by atoms with Gasteiger partial charge in [0.1, 0.15) is 0 Å². The van der Waals surface area contributed by atoms with Crippen LogP contribution in [0, 0.1) is 0 Å². The summed E-state index contributed by atoms with van der Waals surface area (Å²) in [6, 6.07) is 24.3. The van der Waals surface area contributed by atoms with Gasteiger partial charge in [0.15, 0.2) is 0 Å². The number of amides is 1. The minimum absolute atomic E-state index is 0.0836. The van der Waals surface area contributed by atoms with Crippen LogP contribution in [0.4, 0.5) is 17.1 Å². The molecular formula is C26H29N3O. The van der Waals surface area contributed by atoms with E-state index in [-0.39, 0.29) is 5.91 Å². The summed E-state index contributed by atoms with van der Waals surface area (Å²) >= 11 is 0. The Morgan fingerprint density at radius 3 is 2.47 bits per heavy atom. The first kappa shape index (κ1) is 20.0. The van der Waals surface area contributed by atoms with E-state index in [1.807, 2.05) is 42.5 Å². The summed E-state index contributed by atoms with van der Waals surface area (Å²) in [6.07, 6.45) is 3.50. The number of nitrogens with one attached hydrogen (secondary N) is 2. The summed E-state index contributed by atoms with van der Waals surface area (Å²) < 4.78 is 0. The Bertz CT molecular complexity index is 991. The Morgan fingerprint density at radius 1 is 0.933 bits per heavy atom. The van der Waals surface area contributed by atoms with E-state index in [2.05, 4.69) is 52.8 Å². The van der Waals surface area contributed by atoms with Crippen molar-refractivity contribution in [3.8, 4) is 0 Å². The predicted molar refractivity (Wildman–Crippen MR) is 125 cm³/mol. The van der Waals surface area contributed by atoms with Crippen molar-refractivity contribution in [2.45, 2.75) is 32.7 Å². The standard InChI is InChI=1S/C26H29N3O/c1-2-21-9-3-4-11-25(21)27-19-20-8-7-10-22(18-20)26(30)28-23-12-14-24(15-13-23)29-16-5-6-17-29/h3-4,7-15,18,27H,2,5-6,16-17,19H2,1H3,(H,28,30). The van der Waals surface area contributed by atoms with Crippen molar-refractivity contribution < 1.29 is 4.79 Å². The van der Waals surface area contributed by atoms with Crippen LogP contribution in [0.2, 0.25) is 0 Å². The zero-order chi connectivity index (χ0) is 20.8. The summed E-state index contributed by atoms with van der Waals surface area (Å²) in [5.41, 5.74) is 6.24. The molecule has 0 aromatic heterocycles. The lowest BCUT2D eigenvalue weighted by Gasteiger charge is -2.17. The van der Waals surface area contributed by atoms with E-state index >= 15 is 0 Å². The highest BCUT2D eigenvalue weighted by Gasteiger charge is 2.12.